The summed E-state index contributed by atoms with van der Waals surface area (Å²) in [6, 6.07) is 13.9. The minimum atomic E-state index is 0.0500. The fraction of sp³-hybridized carbons (Fsp3) is 0.250. The second kappa shape index (κ2) is 7.25. The van der Waals surface area contributed by atoms with Crippen molar-refractivity contribution in [2.45, 2.75) is 12.3 Å². The smallest absolute Gasteiger partial charge is 0.119 e. The molecule has 0 saturated heterocycles. The highest BCUT2D eigenvalue weighted by Crippen LogP contribution is 2.31. The predicted molar refractivity (Wildman–Crippen MR) is 88.4 cm³/mol. The summed E-state index contributed by atoms with van der Waals surface area (Å²) >= 11 is 7.11. The highest BCUT2D eigenvalue weighted by molar-refractivity contribution is 9.10. The van der Waals surface area contributed by atoms with Crippen LogP contribution in [-0.4, -0.2) is 18.8 Å². The van der Waals surface area contributed by atoms with Gasteiger partial charge >= 0.3 is 0 Å². The topological polar surface area (TPSA) is 29.5 Å². The molecule has 2 aromatic rings. The standard InChI is InChI=1S/C16H16Br2O2/c1-20-13-6-7-15(17)11(9-13)8-12(10-19)14-4-2-3-5-16(14)18/h2-7,9,12,19H,8,10H2,1H3. The Morgan fingerprint density at radius 3 is 2.50 bits per heavy atom. The van der Waals surface area contributed by atoms with E-state index in [9.17, 15) is 5.11 Å². The highest BCUT2D eigenvalue weighted by Gasteiger charge is 2.16. The number of hydrogen-bond donors (Lipinski definition) is 1. The van der Waals surface area contributed by atoms with Gasteiger partial charge in [0, 0.05) is 14.9 Å². The number of methoxy groups -OCH3 is 1. The molecule has 2 nitrogen and oxygen atoms in total. The van der Waals surface area contributed by atoms with Gasteiger partial charge in [0.1, 0.15) is 5.75 Å². The molecule has 20 heavy (non-hydrogen) atoms. The molecule has 2 rings (SSSR count). The van der Waals surface area contributed by atoms with E-state index in [0.29, 0.717) is 0 Å². The van der Waals surface area contributed by atoms with Gasteiger partial charge < -0.3 is 9.84 Å². The van der Waals surface area contributed by atoms with Gasteiger partial charge in [-0.3, -0.25) is 0 Å². The first kappa shape index (κ1) is 15.5. The van der Waals surface area contributed by atoms with Crippen molar-refractivity contribution < 1.29 is 9.84 Å². The molecule has 0 fully saturated rings. The maximum atomic E-state index is 9.72. The quantitative estimate of drug-likeness (QED) is 0.799. The minimum absolute atomic E-state index is 0.0500. The molecule has 0 aliphatic heterocycles. The van der Waals surface area contributed by atoms with Crippen LogP contribution >= 0.6 is 31.9 Å². The maximum absolute atomic E-state index is 9.72. The highest BCUT2D eigenvalue weighted by atomic mass is 79.9. The monoisotopic (exact) mass is 398 g/mol. The predicted octanol–water partition coefficient (Wildman–Crippen LogP) is 4.54. The van der Waals surface area contributed by atoms with Crippen molar-refractivity contribution in [1.29, 1.82) is 0 Å². The van der Waals surface area contributed by atoms with Crippen LogP contribution in [0.1, 0.15) is 17.0 Å². The maximum Gasteiger partial charge on any atom is 0.119 e. The molecule has 1 atom stereocenters. The summed E-state index contributed by atoms with van der Waals surface area (Å²) < 4.78 is 7.32. The molecular formula is C16H16Br2O2. The lowest BCUT2D eigenvalue weighted by atomic mass is 9.92. The van der Waals surface area contributed by atoms with Crippen LogP contribution in [0.25, 0.3) is 0 Å². The molecule has 0 bridgehead atoms. The van der Waals surface area contributed by atoms with Crippen LogP contribution in [0.4, 0.5) is 0 Å². The lowest BCUT2D eigenvalue weighted by molar-refractivity contribution is 0.264. The molecule has 0 aliphatic carbocycles. The zero-order valence-corrected chi connectivity index (χ0v) is 14.3. The van der Waals surface area contributed by atoms with E-state index in [1.807, 2.05) is 42.5 Å². The van der Waals surface area contributed by atoms with E-state index in [0.717, 1.165) is 32.2 Å². The van der Waals surface area contributed by atoms with E-state index >= 15 is 0 Å². The summed E-state index contributed by atoms with van der Waals surface area (Å²) in [6.07, 6.45) is 0.747. The molecule has 0 saturated carbocycles. The van der Waals surface area contributed by atoms with Crippen LogP contribution in [0.3, 0.4) is 0 Å². The third-order valence-electron chi connectivity index (χ3n) is 3.28. The number of halogens is 2. The Kier molecular flexibility index (Phi) is 5.64. The minimum Gasteiger partial charge on any atom is -0.497 e. The first-order valence-corrected chi connectivity index (χ1v) is 7.92. The van der Waals surface area contributed by atoms with Crippen molar-refractivity contribution in [3.8, 4) is 5.75 Å². The molecule has 4 heteroatoms. The molecule has 0 spiro atoms. The molecule has 1 N–H and O–H groups in total. The largest absolute Gasteiger partial charge is 0.497 e. The van der Waals surface area contributed by atoms with Gasteiger partial charge in [-0.15, -0.1) is 0 Å². The van der Waals surface area contributed by atoms with E-state index in [1.54, 1.807) is 7.11 Å². The average molecular weight is 400 g/mol. The Labute approximate surface area is 136 Å². The first-order valence-electron chi connectivity index (χ1n) is 6.33. The number of ether oxygens (including phenoxy) is 1. The summed E-state index contributed by atoms with van der Waals surface area (Å²) in [5, 5.41) is 9.72. The molecular weight excluding hydrogens is 384 g/mol. The van der Waals surface area contributed by atoms with Crippen LogP contribution in [-0.2, 0) is 6.42 Å². The number of rotatable bonds is 5. The van der Waals surface area contributed by atoms with Gasteiger partial charge in [0.15, 0.2) is 0 Å². The van der Waals surface area contributed by atoms with E-state index in [-0.39, 0.29) is 12.5 Å². The van der Waals surface area contributed by atoms with Gasteiger partial charge in [-0.05, 0) is 41.8 Å². The van der Waals surface area contributed by atoms with Crippen molar-refractivity contribution in [3.63, 3.8) is 0 Å². The van der Waals surface area contributed by atoms with Crippen molar-refractivity contribution in [1.82, 2.24) is 0 Å². The normalized spacial score (nSPS) is 12.2. The van der Waals surface area contributed by atoms with Gasteiger partial charge in [-0.25, -0.2) is 0 Å². The van der Waals surface area contributed by atoms with Crippen LogP contribution in [0, 0.1) is 0 Å². The Bertz CT molecular complexity index is 584. The van der Waals surface area contributed by atoms with E-state index in [2.05, 4.69) is 31.9 Å². The second-order valence-corrected chi connectivity index (χ2v) is 6.27. The van der Waals surface area contributed by atoms with Gasteiger partial charge in [0.2, 0.25) is 0 Å². The summed E-state index contributed by atoms with van der Waals surface area (Å²) in [4.78, 5) is 0. The van der Waals surface area contributed by atoms with E-state index in [4.69, 9.17) is 4.74 Å². The van der Waals surface area contributed by atoms with Crippen molar-refractivity contribution in [2.75, 3.05) is 13.7 Å². The summed E-state index contributed by atoms with van der Waals surface area (Å²) in [5.74, 6) is 0.876. The van der Waals surface area contributed by atoms with E-state index < -0.39 is 0 Å². The fourth-order valence-electron chi connectivity index (χ4n) is 2.18. The molecule has 2 aromatic carbocycles. The first-order chi connectivity index (χ1) is 9.65. The summed E-state index contributed by atoms with van der Waals surface area (Å²) in [6.45, 7) is 0.103. The Balaban J connectivity index is 2.29. The lowest BCUT2D eigenvalue weighted by Crippen LogP contribution is -2.09. The molecule has 0 heterocycles. The SMILES string of the molecule is COc1ccc(Br)c(CC(CO)c2ccccc2Br)c1. The zero-order chi connectivity index (χ0) is 14.5. The second-order valence-electron chi connectivity index (χ2n) is 4.56. The zero-order valence-electron chi connectivity index (χ0n) is 11.1. The lowest BCUT2D eigenvalue weighted by Gasteiger charge is -2.17. The van der Waals surface area contributed by atoms with Crippen molar-refractivity contribution in [2.24, 2.45) is 0 Å². The van der Waals surface area contributed by atoms with Crippen LogP contribution in [0.15, 0.2) is 51.4 Å². The molecule has 0 radical (unpaired) electrons. The number of hydrogen-bond acceptors (Lipinski definition) is 2. The number of aliphatic hydroxyl groups excluding tert-OH is 1. The average Bonchev–Trinajstić information content (AvgIpc) is 2.47. The van der Waals surface area contributed by atoms with Crippen molar-refractivity contribution >= 4 is 31.9 Å². The van der Waals surface area contributed by atoms with Gasteiger partial charge in [-0.1, -0.05) is 50.1 Å². The fourth-order valence-corrected chi connectivity index (χ4v) is 3.20. The summed E-state index contributed by atoms with van der Waals surface area (Å²) in [7, 11) is 1.66. The van der Waals surface area contributed by atoms with Gasteiger partial charge in [-0.2, -0.15) is 0 Å². The van der Waals surface area contributed by atoms with Crippen LogP contribution in [0.5, 0.6) is 5.75 Å². The van der Waals surface area contributed by atoms with Crippen LogP contribution in [0.2, 0.25) is 0 Å². The number of aliphatic hydroxyl groups is 1. The molecule has 0 amide bonds. The third-order valence-corrected chi connectivity index (χ3v) is 4.78. The summed E-state index contributed by atoms with van der Waals surface area (Å²) in [5.41, 5.74) is 2.24. The third kappa shape index (κ3) is 3.62. The Hall–Kier alpha value is -0.840. The Morgan fingerprint density at radius 1 is 1.10 bits per heavy atom. The molecule has 1 unspecified atom stereocenters. The number of benzene rings is 2. The molecule has 0 aliphatic rings. The van der Waals surface area contributed by atoms with Gasteiger partial charge in [0.05, 0.1) is 13.7 Å². The van der Waals surface area contributed by atoms with Crippen molar-refractivity contribution in [3.05, 3.63) is 62.5 Å². The van der Waals surface area contributed by atoms with Crippen LogP contribution < -0.4 is 4.74 Å². The molecule has 0 aromatic heterocycles. The van der Waals surface area contributed by atoms with E-state index in [1.165, 1.54) is 0 Å². The Morgan fingerprint density at radius 2 is 1.85 bits per heavy atom. The molecule has 106 valence electrons. The van der Waals surface area contributed by atoms with Gasteiger partial charge in [0.25, 0.3) is 0 Å².